The molecule has 2 nitrogen and oxygen atoms in total. The molecule has 0 fully saturated rings. The summed E-state index contributed by atoms with van der Waals surface area (Å²) in [5.41, 5.74) is -0.0909. The maximum atomic E-state index is 13.4. The van der Waals surface area contributed by atoms with Crippen molar-refractivity contribution in [2.75, 3.05) is 19.0 Å². The molecule has 16 heavy (non-hydrogen) atoms. The molecule has 1 atom stereocenters. The molecule has 1 aromatic rings. The van der Waals surface area contributed by atoms with Gasteiger partial charge in [-0.2, -0.15) is 0 Å². The lowest BCUT2D eigenvalue weighted by Gasteiger charge is -2.16. The van der Waals surface area contributed by atoms with Gasteiger partial charge in [0.15, 0.2) is 0 Å². The van der Waals surface area contributed by atoms with E-state index in [0.29, 0.717) is 17.5 Å². The molecule has 0 aromatic heterocycles. The summed E-state index contributed by atoms with van der Waals surface area (Å²) < 4.78 is 32.1. The number of methoxy groups -OCH3 is 1. The second kappa shape index (κ2) is 6.15. The number of halogens is 3. The fourth-order valence-electron chi connectivity index (χ4n) is 1.29. The van der Waals surface area contributed by atoms with Gasteiger partial charge in [-0.3, -0.25) is 0 Å². The highest BCUT2D eigenvalue weighted by molar-refractivity contribution is 9.10. The van der Waals surface area contributed by atoms with Crippen molar-refractivity contribution in [1.82, 2.24) is 0 Å². The van der Waals surface area contributed by atoms with E-state index in [2.05, 4.69) is 21.2 Å². The maximum absolute atomic E-state index is 13.4. The van der Waals surface area contributed by atoms with Crippen molar-refractivity contribution in [3.05, 3.63) is 28.2 Å². The van der Waals surface area contributed by atoms with E-state index in [1.54, 1.807) is 7.11 Å². The first-order valence-electron chi connectivity index (χ1n) is 4.94. The van der Waals surface area contributed by atoms with Gasteiger partial charge in [-0.1, -0.05) is 15.9 Å². The molecule has 0 saturated carbocycles. The van der Waals surface area contributed by atoms with Crippen molar-refractivity contribution >= 4 is 21.6 Å². The molecule has 1 aromatic carbocycles. The molecule has 90 valence electrons. The third kappa shape index (κ3) is 3.72. The zero-order chi connectivity index (χ0) is 12.1. The smallest absolute Gasteiger partial charge is 0.150 e. The van der Waals surface area contributed by atoms with E-state index in [1.165, 1.54) is 12.1 Å². The largest absolute Gasteiger partial charge is 0.385 e. The summed E-state index contributed by atoms with van der Waals surface area (Å²) in [4.78, 5) is 0. The van der Waals surface area contributed by atoms with Gasteiger partial charge in [-0.25, -0.2) is 8.78 Å². The summed E-state index contributed by atoms with van der Waals surface area (Å²) >= 11 is 3.03. The molecule has 1 N–H and O–H groups in total. The zero-order valence-corrected chi connectivity index (χ0v) is 10.8. The molecule has 0 saturated heterocycles. The summed E-state index contributed by atoms with van der Waals surface area (Å²) in [5.74, 6) is -1.20. The Morgan fingerprint density at radius 1 is 1.38 bits per heavy atom. The molecule has 0 aliphatic carbocycles. The number of hydrogen-bond donors (Lipinski definition) is 1. The lowest BCUT2D eigenvalue weighted by Crippen LogP contribution is -2.19. The first kappa shape index (κ1) is 13.4. The third-order valence-electron chi connectivity index (χ3n) is 2.15. The first-order chi connectivity index (χ1) is 7.54. The molecular formula is C11H14BrF2NO. The molecule has 5 heteroatoms. The normalized spacial score (nSPS) is 12.6. The van der Waals surface area contributed by atoms with Crippen molar-refractivity contribution in [3.63, 3.8) is 0 Å². The Balaban J connectivity index is 2.73. The summed E-state index contributed by atoms with van der Waals surface area (Å²) in [7, 11) is 1.59. The van der Waals surface area contributed by atoms with E-state index in [4.69, 9.17) is 4.74 Å². The van der Waals surface area contributed by atoms with E-state index in [1.807, 2.05) is 6.92 Å². The molecule has 0 radical (unpaired) electrons. The van der Waals surface area contributed by atoms with Crippen LogP contribution in [0.15, 0.2) is 16.6 Å². The fraction of sp³-hybridized carbons (Fsp3) is 0.455. The van der Waals surface area contributed by atoms with Gasteiger partial charge in [0.2, 0.25) is 0 Å². The average Bonchev–Trinajstić information content (AvgIpc) is 2.20. The van der Waals surface area contributed by atoms with Crippen LogP contribution < -0.4 is 5.32 Å². The number of anilines is 1. The van der Waals surface area contributed by atoms with E-state index < -0.39 is 11.6 Å². The molecule has 0 bridgehead atoms. The number of rotatable bonds is 5. The van der Waals surface area contributed by atoms with Gasteiger partial charge in [-0.15, -0.1) is 0 Å². The van der Waals surface area contributed by atoms with Crippen LogP contribution in [-0.2, 0) is 4.74 Å². The first-order valence-corrected chi connectivity index (χ1v) is 5.74. The Morgan fingerprint density at radius 2 is 1.94 bits per heavy atom. The van der Waals surface area contributed by atoms with Gasteiger partial charge in [0, 0.05) is 24.2 Å². The van der Waals surface area contributed by atoms with Crippen LogP contribution in [-0.4, -0.2) is 19.8 Å². The van der Waals surface area contributed by atoms with Crippen LogP contribution in [0, 0.1) is 11.6 Å². The predicted molar refractivity (Wildman–Crippen MR) is 63.6 cm³/mol. The van der Waals surface area contributed by atoms with Gasteiger partial charge in [0.05, 0.1) is 0 Å². The van der Waals surface area contributed by atoms with Crippen LogP contribution in [0.4, 0.5) is 14.5 Å². The highest BCUT2D eigenvalue weighted by Gasteiger charge is 2.12. The summed E-state index contributed by atoms with van der Waals surface area (Å²) in [6.45, 7) is 2.40. The van der Waals surface area contributed by atoms with E-state index >= 15 is 0 Å². The van der Waals surface area contributed by atoms with Crippen LogP contribution in [0.3, 0.4) is 0 Å². The molecule has 1 rings (SSSR count). The number of hydrogen-bond acceptors (Lipinski definition) is 2. The maximum Gasteiger partial charge on any atom is 0.150 e. The Hall–Kier alpha value is -0.680. The van der Waals surface area contributed by atoms with Crippen LogP contribution >= 0.6 is 15.9 Å². The van der Waals surface area contributed by atoms with E-state index in [-0.39, 0.29) is 11.7 Å². The van der Waals surface area contributed by atoms with Gasteiger partial charge >= 0.3 is 0 Å². The predicted octanol–water partition coefficient (Wildman–Crippen LogP) is 3.56. The summed E-state index contributed by atoms with van der Waals surface area (Å²) in [5, 5.41) is 2.79. The fourth-order valence-corrected chi connectivity index (χ4v) is 1.70. The molecule has 0 aliphatic rings. The van der Waals surface area contributed by atoms with Gasteiger partial charge in [-0.05, 0) is 25.5 Å². The van der Waals surface area contributed by atoms with Crippen molar-refractivity contribution in [3.8, 4) is 0 Å². The monoisotopic (exact) mass is 293 g/mol. The van der Waals surface area contributed by atoms with E-state index in [9.17, 15) is 8.78 Å². The lowest BCUT2D eigenvalue weighted by atomic mass is 10.2. The molecule has 0 heterocycles. The van der Waals surface area contributed by atoms with Gasteiger partial charge in [0.25, 0.3) is 0 Å². The highest BCUT2D eigenvalue weighted by atomic mass is 79.9. The minimum atomic E-state index is -0.601. The minimum Gasteiger partial charge on any atom is -0.385 e. The van der Waals surface area contributed by atoms with Gasteiger partial charge in [0.1, 0.15) is 17.3 Å². The number of nitrogens with one attached hydrogen (secondary N) is 1. The van der Waals surface area contributed by atoms with Crippen molar-refractivity contribution in [2.24, 2.45) is 0 Å². The molecule has 1 unspecified atom stereocenters. The second-order valence-electron chi connectivity index (χ2n) is 3.57. The lowest BCUT2D eigenvalue weighted by molar-refractivity contribution is 0.191. The topological polar surface area (TPSA) is 21.3 Å². The average molecular weight is 294 g/mol. The highest BCUT2D eigenvalue weighted by Crippen LogP contribution is 2.24. The van der Waals surface area contributed by atoms with Crippen molar-refractivity contribution in [2.45, 2.75) is 19.4 Å². The SMILES string of the molecule is COCCC(C)Nc1c(F)cc(Br)cc1F. The Labute approximate surface area is 102 Å². The standard InChI is InChI=1S/C11H14BrF2NO/c1-7(3-4-16-2)15-11-9(13)5-8(12)6-10(11)14/h5-7,15H,3-4H2,1-2H3. The molecule has 0 amide bonds. The van der Waals surface area contributed by atoms with E-state index in [0.717, 1.165) is 0 Å². The van der Waals surface area contributed by atoms with Crippen LogP contribution in [0.25, 0.3) is 0 Å². The van der Waals surface area contributed by atoms with Gasteiger partial charge < -0.3 is 10.1 Å². The van der Waals surface area contributed by atoms with Crippen LogP contribution in [0.5, 0.6) is 0 Å². The Morgan fingerprint density at radius 3 is 2.44 bits per heavy atom. The van der Waals surface area contributed by atoms with Crippen molar-refractivity contribution < 1.29 is 13.5 Å². The molecule has 0 aliphatic heterocycles. The van der Waals surface area contributed by atoms with Crippen LogP contribution in [0.1, 0.15) is 13.3 Å². The molecule has 0 spiro atoms. The van der Waals surface area contributed by atoms with Crippen LogP contribution in [0.2, 0.25) is 0 Å². The minimum absolute atomic E-state index is 0.0508. The Bertz CT molecular complexity index is 337. The number of benzene rings is 1. The second-order valence-corrected chi connectivity index (χ2v) is 4.49. The quantitative estimate of drug-likeness (QED) is 0.896. The Kier molecular flexibility index (Phi) is 5.15. The molecular weight excluding hydrogens is 280 g/mol. The zero-order valence-electron chi connectivity index (χ0n) is 9.19. The van der Waals surface area contributed by atoms with Crippen molar-refractivity contribution in [1.29, 1.82) is 0 Å². The summed E-state index contributed by atoms with van der Waals surface area (Å²) in [6, 6.07) is 2.41. The summed E-state index contributed by atoms with van der Waals surface area (Å²) in [6.07, 6.45) is 0.686. The number of ether oxygens (including phenoxy) is 1. The third-order valence-corrected chi connectivity index (χ3v) is 2.61.